The molecule has 1 aromatic heterocycles. The smallest absolute Gasteiger partial charge is 0.344 e. The molecule has 3 aromatic rings. The highest BCUT2D eigenvalue weighted by molar-refractivity contribution is 6.33. The molecule has 0 saturated carbocycles. The molecule has 0 amide bonds. The van der Waals surface area contributed by atoms with E-state index in [4.69, 9.17) is 32.5 Å². The van der Waals surface area contributed by atoms with Crippen molar-refractivity contribution in [3.63, 3.8) is 0 Å². The van der Waals surface area contributed by atoms with E-state index in [2.05, 4.69) is 10.5 Å². The first-order chi connectivity index (χ1) is 13.0. The average Bonchev–Trinajstić information content (AvgIpc) is 3.06. The number of rotatable bonds is 5. The topological polar surface area (TPSA) is 64.4 Å². The molecule has 0 fully saturated rings. The van der Waals surface area contributed by atoms with Crippen LogP contribution in [-0.4, -0.2) is 18.2 Å². The molecule has 0 unspecified atom stereocenters. The highest BCUT2D eigenvalue weighted by atomic mass is 35.5. The number of nitrogens with zero attached hydrogens (tertiary/aromatic N) is 1. The summed E-state index contributed by atoms with van der Waals surface area (Å²) < 4.78 is 24.2. The first-order valence-electron chi connectivity index (χ1n) is 7.72. The van der Waals surface area contributed by atoms with Crippen LogP contribution in [0.5, 0.6) is 0 Å². The van der Waals surface area contributed by atoms with Gasteiger partial charge in [-0.15, -0.1) is 0 Å². The van der Waals surface area contributed by atoms with Crippen LogP contribution in [0.1, 0.15) is 16.1 Å². The van der Waals surface area contributed by atoms with E-state index in [1.165, 1.54) is 31.4 Å². The monoisotopic (exact) mass is 406 g/mol. The fraction of sp³-hybridized carbons (Fsp3) is 0.0526. The number of carbonyl (C=O) groups is 1. The maximum absolute atomic E-state index is 14.2. The molecule has 0 aliphatic heterocycles. The van der Waals surface area contributed by atoms with Gasteiger partial charge in [-0.25, -0.2) is 9.18 Å². The molecule has 8 heteroatoms. The van der Waals surface area contributed by atoms with Crippen LogP contribution in [0.25, 0.3) is 17.3 Å². The molecule has 1 heterocycles. The van der Waals surface area contributed by atoms with Crippen molar-refractivity contribution in [2.75, 3.05) is 12.4 Å². The number of aromatic nitrogens is 1. The maximum atomic E-state index is 14.2. The van der Waals surface area contributed by atoms with Gasteiger partial charge in [-0.3, -0.25) is 0 Å². The summed E-state index contributed by atoms with van der Waals surface area (Å²) in [7, 11) is 1.21. The van der Waals surface area contributed by atoms with E-state index >= 15 is 0 Å². The fourth-order valence-corrected chi connectivity index (χ4v) is 2.75. The van der Waals surface area contributed by atoms with Crippen LogP contribution >= 0.6 is 23.2 Å². The molecule has 138 valence electrons. The predicted octanol–water partition coefficient (Wildman–Crippen LogP) is 5.66. The Hall–Kier alpha value is -2.83. The van der Waals surface area contributed by atoms with Crippen LogP contribution in [0.2, 0.25) is 10.0 Å². The summed E-state index contributed by atoms with van der Waals surface area (Å²) in [6.07, 6.45) is 3.02. The first-order valence-corrected chi connectivity index (χ1v) is 8.48. The van der Waals surface area contributed by atoms with Crippen molar-refractivity contribution < 1.29 is 18.4 Å². The Kier molecular flexibility index (Phi) is 5.78. The maximum Gasteiger partial charge on any atom is 0.344 e. The van der Waals surface area contributed by atoms with Gasteiger partial charge in [0.15, 0.2) is 5.76 Å². The molecule has 0 atom stereocenters. The van der Waals surface area contributed by atoms with E-state index in [-0.39, 0.29) is 27.6 Å². The number of halogens is 3. The van der Waals surface area contributed by atoms with E-state index in [1.807, 2.05) is 0 Å². The van der Waals surface area contributed by atoms with Crippen LogP contribution in [0.15, 0.2) is 53.2 Å². The number of benzene rings is 2. The minimum atomic E-state index is -0.725. The Balaban J connectivity index is 1.96. The van der Waals surface area contributed by atoms with Crippen LogP contribution < -0.4 is 5.32 Å². The van der Waals surface area contributed by atoms with E-state index < -0.39 is 11.8 Å². The summed E-state index contributed by atoms with van der Waals surface area (Å²) in [5.74, 6) is -1.26. The summed E-state index contributed by atoms with van der Waals surface area (Å²) in [4.78, 5) is 12.2. The van der Waals surface area contributed by atoms with Crippen molar-refractivity contribution in [3.05, 3.63) is 75.9 Å². The summed E-state index contributed by atoms with van der Waals surface area (Å²) in [5, 5.41) is 7.53. The van der Waals surface area contributed by atoms with Gasteiger partial charge < -0.3 is 14.6 Å². The first kappa shape index (κ1) is 18.9. The van der Waals surface area contributed by atoms with E-state index in [0.717, 1.165) is 5.69 Å². The zero-order valence-corrected chi connectivity index (χ0v) is 15.5. The van der Waals surface area contributed by atoms with Gasteiger partial charge in [0.1, 0.15) is 17.1 Å². The Bertz CT molecular complexity index is 980. The number of methoxy groups -OCH3 is 1. The second-order valence-corrected chi connectivity index (χ2v) is 6.19. The molecule has 0 radical (unpaired) electrons. The molecule has 0 bridgehead atoms. The van der Waals surface area contributed by atoms with Gasteiger partial charge in [0.25, 0.3) is 0 Å². The predicted molar refractivity (Wildman–Crippen MR) is 102 cm³/mol. The number of hydrogen-bond donors (Lipinski definition) is 1. The minimum absolute atomic E-state index is 0.0290. The van der Waals surface area contributed by atoms with E-state index in [0.29, 0.717) is 5.02 Å². The van der Waals surface area contributed by atoms with Crippen molar-refractivity contribution in [1.29, 1.82) is 0 Å². The molecule has 27 heavy (non-hydrogen) atoms. The van der Waals surface area contributed by atoms with Crippen molar-refractivity contribution in [2.24, 2.45) is 0 Å². The normalized spacial score (nSPS) is 11.0. The number of nitrogens with one attached hydrogen (secondary N) is 1. The zero-order chi connectivity index (χ0) is 19.4. The van der Waals surface area contributed by atoms with E-state index in [9.17, 15) is 9.18 Å². The molecule has 3 rings (SSSR count). The largest absolute Gasteiger partial charge is 0.465 e. The fourth-order valence-electron chi connectivity index (χ4n) is 2.37. The Labute approximate surface area is 164 Å². The third-order valence-electron chi connectivity index (χ3n) is 3.64. The molecule has 0 aliphatic rings. The standard InChI is InChI=1S/C19H13Cl2FN2O3/c1-26-19(25)17-15(9-10-23-12-7-5-11(20)6-8-12)27-24-18(17)16-13(21)3-2-4-14(16)22/h2-10,23H,1H3. The second-order valence-electron chi connectivity index (χ2n) is 5.34. The van der Waals surface area contributed by atoms with Crippen LogP contribution in [-0.2, 0) is 4.74 Å². The Morgan fingerprint density at radius 3 is 2.63 bits per heavy atom. The summed E-state index contributed by atoms with van der Waals surface area (Å²) >= 11 is 11.9. The SMILES string of the molecule is COC(=O)c1c(-c2c(F)cccc2Cl)noc1C=CNc1ccc(Cl)cc1. The van der Waals surface area contributed by atoms with Gasteiger partial charge in [0.2, 0.25) is 0 Å². The lowest BCUT2D eigenvalue weighted by atomic mass is 10.1. The number of hydrogen-bond acceptors (Lipinski definition) is 5. The van der Waals surface area contributed by atoms with Crippen molar-refractivity contribution in [2.45, 2.75) is 0 Å². The lowest BCUT2D eigenvalue weighted by Gasteiger charge is -2.04. The summed E-state index contributed by atoms with van der Waals surface area (Å²) in [6, 6.07) is 11.2. The number of anilines is 1. The lowest BCUT2D eigenvalue weighted by Crippen LogP contribution is -2.04. The van der Waals surface area contributed by atoms with Gasteiger partial charge in [0, 0.05) is 23.0 Å². The highest BCUT2D eigenvalue weighted by Gasteiger charge is 2.26. The molecule has 5 nitrogen and oxygen atoms in total. The van der Waals surface area contributed by atoms with Crippen LogP contribution in [0.3, 0.4) is 0 Å². The van der Waals surface area contributed by atoms with Crippen molar-refractivity contribution in [1.82, 2.24) is 5.16 Å². The molecular weight excluding hydrogens is 394 g/mol. The second kappa shape index (κ2) is 8.24. The number of esters is 1. The molecule has 0 spiro atoms. The third kappa shape index (κ3) is 4.13. The number of ether oxygens (including phenoxy) is 1. The van der Waals surface area contributed by atoms with Crippen molar-refractivity contribution >= 4 is 40.9 Å². The van der Waals surface area contributed by atoms with Crippen molar-refractivity contribution in [3.8, 4) is 11.3 Å². The quantitative estimate of drug-likeness (QED) is 0.554. The van der Waals surface area contributed by atoms with Gasteiger partial charge in [-0.1, -0.05) is 34.4 Å². The van der Waals surface area contributed by atoms with Gasteiger partial charge in [-0.05, 0) is 36.4 Å². The molecule has 1 N–H and O–H groups in total. The zero-order valence-electron chi connectivity index (χ0n) is 14.0. The van der Waals surface area contributed by atoms with Crippen LogP contribution in [0, 0.1) is 5.82 Å². The van der Waals surface area contributed by atoms with Crippen LogP contribution in [0.4, 0.5) is 10.1 Å². The van der Waals surface area contributed by atoms with Gasteiger partial charge >= 0.3 is 5.97 Å². The third-order valence-corrected chi connectivity index (χ3v) is 4.20. The van der Waals surface area contributed by atoms with Gasteiger partial charge in [-0.2, -0.15) is 0 Å². The number of carbonyl (C=O) groups excluding carboxylic acids is 1. The van der Waals surface area contributed by atoms with Gasteiger partial charge in [0.05, 0.1) is 17.7 Å². The molecule has 2 aromatic carbocycles. The van der Waals surface area contributed by atoms with E-state index in [1.54, 1.807) is 30.5 Å². The molecular formula is C19H13Cl2FN2O3. The Morgan fingerprint density at radius 2 is 1.96 bits per heavy atom. The molecule has 0 saturated heterocycles. The molecule has 0 aliphatic carbocycles. The average molecular weight is 407 g/mol. The minimum Gasteiger partial charge on any atom is -0.465 e. The lowest BCUT2D eigenvalue weighted by molar-refractivity contribution is 0.0600. The Morgan fingerprint density at radius 1 is 1.22 bits per heavy atom. The highest BCUT2D eigenvalue weighted by Crippen LogP contribution is 2.34. The summed E-state index contributed by atoms with van der Waals surface area (Å²) in [6.45, 7) is 0. The summed E-state index contributed by atoms with van der Waals surface area (Å²) in [5.41, 5.74) is 0.676.